The molecule has 0 bridgehead atoms. The number of nitrogens with zero attached hydrogens (tertiary/aromatic N) is 3. The first-order valence-electron chi connectivity index (χ1n) is 10.6. The maximum atomic E-state index is 12.0. The lowest BCUT2D eigenvalue weighted by atomic mass is 10.2. The highest BCUT2D eigenvalue weighted by atomic mass is 19.1. The molecular weight excluding hydrogens is 399 g/mol. The number of pyridine rings is 2. The van der Waals surface area contributed by atoms with Crippen molar-refractivity contribution in [3.8, 4) is 0 Å². The molecule has 0 aliphatic carbocycles. The Morgan fingerprint density at radius 1 is 0.871 bits per heavy atom. The molecule has 4 rings (SSSR count). The van der Waals surface area contributed by atoms with Crippen molar-refractivity contribution in [2.75, 3.05) is 42.5 Å². The summed E-state index contributed by atoms with van der Waals surface area (Å²) >= 11 is 0. The van der Waals surface area contributed by atoms with Gasteiger partial charge in [0.1, 0.15) is 17.5 Å². The lowest BCUT2D eigenvalue weighted by Gasteiger charge is -2.36. The molecule has 172 valence electrons. The van der Waals surface area contributed by atoms with E-state index < -0.39 is 0 Å². The summed E-state index contributed by atoms with van der Waals surface area (Å²) in [4.78, 5) is 9.86. The van der Waals surface area contributed by atoms with Gasteiger partial charge in [-0.2, -0.15) is 0 Å². The Bertz CT molecular complexity index is 761. The van der Waals surface area contributed by atoms with Crippen LogP contribution in [-0.4, -0.2) is 60.6 Å². The zero-order valence-electron chi connectivity index (χ0n) is 18.8. The predicted octanol–water partition coefficient (Wildman–Crippen LogP) is 2.46. The second-order valence-corrected chi connectivity index (χ2v) is 7.92. The van der Waals surface area contributed by atoms with Crippen LogP contribution >= 0.6 is 0 Å². The molecule has 2 aliphatic heterocycles. The Morgan fingerprint density at radius 3 is 1.81 bits per heavy atom. The third kappa shape index (κ3) is 9.46. The molecule has 9 heteroatoms. The fraction of sp³-hybridized carbons (Fsp3) is 0.545. The van der Waals surface area contributed by atoms with Crippen molar-refractivity contribution in [1.29, 1.82) is 0 Å². The summed E-state index contributed by atoms with van der Waals surface area (Å²) in [6.45, 7) is 12.2. The molecule has 2 aromatic heterocycles. The maximum Gasteiger partial charge on any atom is 0.128 e. The molecule has 4 atom stereocenters. The van der Waals surface area contributed by atoms with Gasteiger partial charge in [-0.3, -0.25) is 0 Å². The molecule has 0 aromatic carbocycles. The normalized spacial score (nSPS) is 25.5. The van der Waals surface area contributed by atoms with Gasteiger partial charge in [-0.15, -0.1) is 0 Å². The number of hydrogen-bond donors (Lipinski definition) is 3. The van der Waals surface area contributed by atoms with E-state index in [-0.39, 0.29) is 23.8 Å². The Morgan fingerprint density at radius 2 is 1.39 bits per heavy atom. The number of nitrogen functional groups attached to an aromatic ring is 2. The van der Waals surface area contributed by atoms with E-state index in [0.29, 0.717) is 18.0 Å². The molecular formula is C22H35FN6O2. The van der Waals surface area contributed by atoms with Crippen LogP contribution < -0.4 is 21.7 Å². The van der Waals surface area contributed by atoms with Crippen molar-refractivity contribution < 1.29 is 13.9 Å². The van der Waals surface area contributed by atoms with Gasteiger partial charge in [0, 0.05) is 56.4 Å². The molecule has 4 heterocycles. The van der Waals surface area contributed by atoms with E-state index in [0.717, 1.165) is 31.9 Å². The summed E-state index contributed by atoms with van der Waals surface area (Å²) in [5, 5.41) is 3.26. The highest BCUT2D eigenvalue weighted by Gasteiger charge is 2.22. The maximum absolute atomic E-state index is 12.0. The Labute approximate surface area is 184 Å². The Hall–Kier alpha value is -2.49. The average Bonchev–Trinajstić information content (AvgIpc) is 2.68. The Kier molecular flexibility index (Phi) is 9.90. The van der Waals surface area contributed by atoms with Crippen LogP contribution in [0.5, 0.6) is 0 Å². The second-order valence-electron chi connectivity index (χ2n) is 7.92. The number of ether oxygens (including phenoxy) is 2. The predicted molar refractivity (Wildman–Crippen MR) is 122 cm³/mol. The fourth-order valence-corrected chi connectivity index (χ4v) is 3.43. The highest BCUT2D eigenvalue weighted by molar-refractivity contribution is 5.52. The minimum Gasteiger partial charge on any atom is -0.384 e. The minimum absolute atomic E-state index is 0.213. The van der Waals surface area contributed by atoms with Gasteiger partial charge in [0.2, 0.25) is 0 Å². The van der Waals surface area contributed by atoms with Gasteiger partial charge in [-0.05, 0) is 39.8 Å². The number of nitrogens with one attached hydrogen (secondary N) is 1. The van der Waals surface area contributed by atoms with Crippen molar-refractivity contribution in [2.45, 2.75) is 52.1 Å². The third-order valence-corrected chi connectivity index (χ3v) is 4.62. The summed E-state index contributed by atoms with van der Waals surface area (Å²) in [6.07, 6.45) is 4.41. The van der Waals surface area contributed by atoms with Crippen molar-refractivity contribution in [2.24, 2.45) is 0 Å². The SMILES string of the molecule is C[C@@H]1CN(c2ccnc(N)c2)C[C@H](C)O1.C[C@@H]1CNC[C@H](C)O1.Nc1cc(F)ccn1. The van der Waals surface area contributed by atoms with Crippen LogP contribution in [0.15, 0.2) is 36.7 Å². The monoisotopic (exact) mass is 434 g/mol. The van der Waals surface area contributed by atoms with Crippen LogP contribution in [0.4, 0.5) is 21.7 Å². The van der Waals surface area contributed by atoms with Gasteiger partial charge in [0.15, 0.2) is 0 Å². The Balaban J connectivity index is 0.000000181. The molecule has 31 heavy (non-hydrogen) atoms. The van der Waals surface area contributed by atoms with E-state index in [9.17, 15) is 4.39 Å². The summed E-state index contributed by atoms with van der Waals surface area (Å²) < 4.78 is 23.2. The average molecular weight is 435 g/mol. The lowest BCUT2D eigenvalue weighted by Crippen LogP contribution is -2.45. The van der Waals surface area contributed by atoms with E-state index in [4.69, 9.17) is 20.9 Å². The smallest absolute Gasteiger partial charge is 0.128 e. The first-order chi connectivity index (χ1) is 14.7. The van der Waals surface area contributed by atoms with Gasteiger partial charge in [0.25, 0.3) is 0 Å². The number of rotatable bonds is 1. The molecule has 2 saturated heterocycles. The van der Waals surface area contributed by atoms with Crippen molar-refractivity contribution in [3.63, 3.8) is 0 Å². The van der Waals surface area contributed by atoms with E-state index in [1.165, 1.54) is 18.3 Å². The van der Waals surface area contributed by atoms with Gasteiger partial charge in [0.05, 0.1) is 24.4 Å². The molecule has 2 aliphatic rings. The van der Waals surface area contributed by atoms with Crippen LogP contribution in [0.1, 0.15) is 27.7 Å². The zero-order chi connectivity index (χ0) is 22.8. The standard InChI is InChI=1S/C11H17N3O.C6H13NO.C5H5FN2/c1-8-6-14(7-9(2)15-8)10-3-4-13-11(12)5-10;1-5-3-7-4-6(2)8-5;6-4-1-2-8-5(7)3-4/h3-5,8-9H,6-7H2,1-2H3,(H2,12,13);5-7H,3-4H2,1-2H3;1-3H,(H2,7,8)/t8-,9+;5-,6+;. The van der Waals surface area contributed by atoms with Crippen molar-refractivity contribution >= 4 is 17.3 Å². The van der Waals surface area contributed by atoms with Crippen LogP contribution in [-0.2, 0) is 9.47 Å². The third-order valence-electron chi connectivity index (χ3n) is 4.62. The zero-order valence-corrected chi connectivity index (χ0v) is 18.8. The summed E-state index contributed by atoms with van der Waals surface area (Å²) in [5.74, 6) is 0.432. The molecule has 2 aromatic rings. The van der Waals surface area contributed by atoms with E-state index in [1.807, 2.05) is 12.1 Å². The van der Waals surface area contributed by atoms with Gasteiger partial charge in [-0.25, -0.2) is 14.4 Å². The van der Waals surface area contributed by atoms with Crippen molar-refractivity contribution in [3.05, 3.63) is 42.5 Å². The van der Waals surface area contributed by atoms with Gasteiger partial charge < -0.3 is 31.2 Å². The molecule has 0 saturated carbocycles. The number of anilines is 3. The summed E-state index contributed by atoms with van der Waals surface area (Å²) in [6, 6.07) is 6.31. The molecule has 5 N–H and O–H groups in total. The molecule has 0 spiro atoms. The highest BCUT2D eigenvalue weighted by Crippen LogP contribution is 2.20. The van der Waals surface area contributed by atoms with E-state index in [1.54, 1.807) is 6.20 Å². The number of halogens is 1. The van der Waals surface area contributed by atoms with E-state index >= 15 is 0 Å². The van der Waals surface area contributed by atoms with E-state index in [2.05, 4.69) is 47.9 Å². The van der Waals surface area contributed by atoms with Crippen molar-refractivity contribution in [1.82, 2.24) is 15.3 Å². The van der Waals surface area contributed by atoms with Crippen LogP contribution in [0.3, 0.4) is 0 Å². The lowest BCUT2D eigenvalue weighted by molar-refractivity contribution is -0.0166. The summed E-state index contributed by atoms with van der Waals surface area (Å²) in [7, 11) is 0. The molecule has 2 fully saturated rings. The number of hydrogen-bond acceptors (Lipinski definition) is 8. The quantitative estimate of drug-likeness (QED) is 0.628. The minimum atomic E-state index is -0.350. The number of morpholine rings is 2. The van der Waals surface area contributed by atoms with Crippen LogP contribution in [0.2, 0.25) is 0 Å². The molecule has 0 radical (unpaired) electrons. The first kappa shape index (κ1) is 24.8. The van der Waals surface area contributed by atoms with Crippen LogP contribution in [0, 0.1) is 5.82 Å². The fourth-order valence-electron chi connectivity index (χ4n) is 3.43. The molecule has 8 nitrogen and oxygen atoms in total. The van der Waals surface area contributed by atoms with Crippen LogP contribution in [0.25, 0.3) is 0 Å². The molecule has 0 unspecified atom stereocenters. The number of nitrogens with two attached hydrogens (primary N) is 2. The second kappa shape index (κ2) is 12.4. The molecule has 0 amide bonds. The van der Waals surface area contributed by atoms with Gasteiger partial charge >= 0.3 is 0 Å². The first-order valence-corrected chi connectivity index (χ1v) is 10.6. The largest absolute Gasteiger partial charge is 0.384 e. The van der Waals surface area contributed by atoms with Gasteiger partial charge in [-0.1, -0.05) is 0 Å². The number of aromatic nitrogens is 2. The topological polar surface area (TPSA) is 112 Å². The summed E-state index contributed by atoms with van der Waals surface area (Å²) in [5.41, 5.74) is 11.9.